The highest BCUT2D eigenvalue weighted by atomic mass is 32.2. The molecule has 1 heterocycles. The van der Waals surface area contributed by atoms with E-state index in [1.54, 1.807) is 23.1 Å². The topological polar surface area (TPSA) is 92.9 Å². The van der Waals surface area contributed by atoms with E-state index in [4.69, 9.17) is 9.88 Å². The number of primary sulfonamides is 1. The van der Waals surface area contributed by atoms with Gasteiger partial charge in [0.2, 0.25) is 15.9 Å². The third-order valence-electron chi connectivity index (χ3n) is 3.81. The molecule has 23 heavy (non-hydrogen) atoms. The van der Waals surface area contributed by atoms with Gasteiger partial charge in [-0.1, -0.05) is 12.1 Å². The zero-order valence-electron chi connectivity index (χ0n) is 13.3. The first-order chi connectivity index (χ1) is 10.9. The number of amides is 1. The summed E-state index contributed by atoms with van der Waals surface area (Å²) in [5.41, 5.74) is 0.594. The molecule has 0 saturated carbocycles. The van der Waals surface area contributed by atoms with Crippen molar-refractivity contribution in [3.05, 3.63) is 24.3 Å². The summed E-state index contributed by atoms with van der Waals surface area (Å²) in [6.45, 7) is 5.20. The first-order valence-corrected chi connectivity index (χ1v) is 9.20. The number of hydrogen-bond acceptors (Lipinski definition) is 5. The van der Waals surface area contributed by atoms with E-state index >= 15 is 0 Å². The van der Waals surface area contributed by atoms with Gasteiger partial charge < -0.3 is 14.5 Å². The summed E-state index contributed by atoms with van der Waals surface area (Å²) in [7, 11) is -3.77. The fourth-order valence-corrected chi connectivity index (χ4v) is 3.37. The summed E-state index contributed by atoms with van der Waals surface area (Å²) in [4.78, 5) is 15.9. The van der Waals surface area contributed by atoms with Crippen LogP contribution in [-0.4, -0.2) is 58.6 Å². The summed E-state index contributed by atoms with van der Waals surface area (Å²) in [5, 5.41) is 5.27. The van der Waals surface area contributed by atoms with Crippen molar-refractivity contribution in [2.75, 3.05) is 44.3 Å². The summed E-state index contributed by atoms with van der Waals surface area (Å²) in [6.07, 6.45) is 0.377. The number of ether oxygens (including phenoxy) is 1. The standard InChI is InChI=1S/C15H23N3O4S/c1-2-22-12-7-15(19)18-10-8-17(9-11-18)13-5-3-4-6-14(13)23(16,20)21/h3-6H,2,7-12H2,1H3,(H2,16,20,21). The second-order valence-electron chi connectivity index (χ2n) is 5.33. The van der Waals surface area contributed by atoms with Gasteiger partial charge in [-0.2, -0.15) is 0 Å². The van der Waals surface area contributed by atoms with Crippen LogP contribution in [0.25, 0.3) is 0 Å². The van der Waals surface area contributed by atoms with Crippen LogP contribution in [0.1, 0.15) is 13.3 Å². The van der Waals surface area contributed by atoms with Gasteiger partial charge in [0, 0.05) is 32.8 Å². The van der Waals surface area contributed by atoms with Gasteiger partial charge in [0.15, 0.2) is 0 Å². The first kappa shape index (κ1) is 17.7. The van der Waals surface area contributed by atoms with Crippen molar-refractivity contribution in [3.8, 4) is 0 Å². The lowest BCUT2D eigenvalue weighted by molar-refractivity contribution is -0.132. The van der Waals surface area contributed by atoms with E-state index in [1.165, 1.54) is 6.07 Å². The van der Waals surface area contributed by atoms with Gasteiger partial charge in [0.05, 0.1) is 18.7 Å². The molecule has 0 radical (unpaired) electrons. The summed E-state index contributed by atoms with van der Waals surface area (Å²) in [6, 6.07) is 6.68. The lowest BCUT2D eigenvalue weighted by atomic mass is 10.2. The largest absolute Gasteiger partial charge is 0.381 e. The average Bonchev–Trinajstić information content (AvgIpc) is 2.54. The normalized spacial score (nSPS) is 15.7. The molecule has 1 saturated heterocycles. The quantitative estimate of drug-likeness (QED) is 0.757. The van der Waals surface area contributed by atoms with Crippen LogP contribution in [0.5, 0.6) is 0 Å². The molecule has 0 unspecified atom stereocenters. The Morgan fingerprint density at radius 2 is 1.87 bits per heavy atom. The fourth-order valence-electron chi connectivity index (χ4n) is 2.62. The molecule has 1 fully saturated rings. The van der Waals surface area contributed by atoms with Gasteiger partial charge in [-0.15, -0.1) is 0 Å². The Morgan fingerprint density at radius 1 is 1.22 bits per heavy atom. The van der Waals surface area contributed by atoms with Crippen molar-refractivity contribution < 1.29 is 17.9 Å². The van der Waals surface area contributed by atoms with E-state index in [2.05, 4.69) is 0 Å². The number of carbonyl (C=O) groups excluding carboxylic acids is 1. The molecule has 1 amide bonds. The van der Waals surface area contributed by atoms with Gasteiger partial charge >= 0.3 is 0 Å². The molecule has 0 aliphatic carbocycles. The van der Waals surface area contributed by atoms with Crippen molar-refractivity contribution >= 4 is 21.6 Å². The predicted octanol–water partition coefficient (Wildman–Crippen LogP) is 0.409. The van der Waals surface area contributed by atoms with Gasteiger partial charge in [0.1, 0.15) is 4.90 Å². The van der Waals surface area contributed by atoms with Crippen LogP contribution in [0.3, 0.4) is 0 Å². The van der Waals surface area contributed by atoms with E-state index in [9.17, 15) is 13.2 Å². The molecule has 7 nitrogen and oxygen atoms in total. The van der Waals surface area contributed by atoms with E-state index in [-0.39, 0.29) is 10.8 Å². The molecule has 1 aromatic carbocycles. The minimum Gasteiger partial charge on any atom is -0.381 e. The predicted molar refractivity (Wildman–Crippen MR) is 87.7 cm³/mol. The summed E-state index contributed by atoms with van der Waals surface area (Å²) < 4.78 is 28.6. The van der Waals surface area contributed by atoms with E-state index in [1.807, 2.05) is 11.8 Å². The third kappa shape index (κ3) is 4.66. The zero-order chi connectivity index (χ0) is 16.9. The molecule has 0 aromatic heterocycles. The van der Waals surface area contributed by atoms with E-state index in [0.29, 0.717) is 51.5 Å². The molecule has 0 bridgehead atoms. The van der Waals surface area contributed by atoms with Gasteiger partial charge in [-0.25, -0.2) is 13.6 Å². The lowest BCUT2D eigenvalue weighted by Gasteiger charge is -2.36. The Morgan fingerprint density at radius 3 is 2.48 bits per heavy atom. The number of para-hydroxylation sites is 1. The Bertz CT molecular complexity index is 640. The molecule has 0 spiro atoms. The minimum atomic E-state index is -3.77. The number of carbonyl (C=O) groups is 1. The van der Waals surface area contributed by atoms with Crippen molar-refractivity contribution in [2.24, 2.45) is 5.14 Å². The van der Waals surface area contributed by atoms with Crippen molar-refractivity contribution in [1.82, 2.24) is 4.90 Å². The Balaban J connectivity index is 1.99. The second-order valence-corrected chi connectivity index (χ2v) is 6.86. The molecule has 1 aliphatic heterocycles. The van der Waals surface area contributed by atoms with Crippen LogP contribution in [-0.2, 0) is 19.6 Å². The highest BCUT2D eigenvalue weighted by molar-refractivity contribution is 7.89. The second kappa shape index (κ2) is 7.76. The molecule has 1 aliphatic rings. The molecule has 0 atom stereocenters. The molecular formula is C15H23N3O4S. The van der Waals surface area contributed by atoms with Gasteiger partial charge in [0.25, 0.3) is 0 Å². The maximum atomic E-state index is 12.1. The van der Waals surface area contributed by atoms with Gasteiger partial charge in [-0.3, -0.25) is 4.79 Å². The molecular weight excluding hydrogens is 318 g/mol. The van der Waals surface area contributed by atoms with Crippen LogP contribution >= 0.6 is 0 Å². The maximum absolute atomic E-state index is 12.1. The Kier molecular flexibility index (Phi) is 5.97. The number of rotatable bonds is 6. The zero-order valence-corrected chi connectivity index (χ0v) is 14.1. The van der Waals surface area contributed by atoms with Crippen LogP contribution < -0.4 is 10.0 Å². The Labute approximate surface area is 137 Å². The Hall–Kier alpha value is -1.64. The fraction of sp³-hybridized carbons (Fsp3) is 0.533. The smallest absolute Gasteiger partial charge is 0.240 e. The monoisotopic (exact) mass is 341 g/mol. The number of benzene rings is 1. The van der Waals surface area contributed by atoms with Gasteiger partial charge in [-0.05, 0) is 19.1 Å². The average molecular weight is 341 g/mol. The summed E-state index contributed by atoms with van der Waals surface area (Å²) in [5.74, 6) is 0.0674. The van der Waals surface area contributed by atoms with Crippen LogP contribution in [0.4, 0.5) is 5.69 Å². The lowest BCUT2D eigenvalue weighted by Crippen LogP contribution is -2.49. The first-order valence-electron chi connectivity index (χ1n) is 7.65. The number of nitrogens with two attached hydrogens (primary N) is 1. The number of anilines is 1. The molecule has 2 rings (SSSR count). The highest BCUT2D eigenvalue weighted by Crippen LogP contribution is 2.25. The molecule has 2 N–H and O–H groups in total. The van der Waals surface area contributed by atoms with Crippen LogP contribution in [0.2, 0.25) is 0 Å². The van der Waals surface area contributed by atoms with Crippen molar-refractivity contribution in [2.45, 2.75) is 18.2 Å². The van der Waals surface area contributed by atoms with E-state index < -0.39 is 10.0 Å². The molecule has 8 heteroatoms. The highest BCUT2D eigenvalue weighted by Gasteiger charge is 2.24. The molecule has 1 aromatic rings. The van der Waals surface area contributed by atoms with Crippen LogP contribution in [0.15, 0.2) is 29.2 Å². The van der Waals surface area contributed by atoms with Crippen molar-refractivity contribution in [3.63, 3.8) is 0 Å². The van der Waals surface area contributed by atoms with Crippen LogP contribution in [0, 0.1) is 0 Å². The van der Waals surface area contributed by atoms with Crippen molar-refractivity contribution in [1.29, 1.82) is 0 Å². The third-order valence-corrected chi connectivity index (χ3v) is 4.77. The summed E-state index contributed by atoms with van der Waals surface area (Å²) >= 11 is 0. The number of hydrogen-bond donors (Lipinski definition) is 1. The SMILES string of the molecule is CCOCCC(=O)N1CCN(c2ccccc2S(N)(=O)=O)CC1. The molecule has 128 valence electrons. The number of piperazine rings is 1. The number of nitrogens with zero attached hydrogens (tertiary/aromatic N) is 2. The maximum Gasteiger partial charge on any atom is 0.240 e. The number of sulfonamides is 1. The van der Waals surface area contributed by atoms with E-state index in [0.717, 1.165) is 0 Å². The minimum absolute atomic E-state index is 0.0674.